The molecule has 0 fully saturated rings. The van der Waals surface area contributed by atoms with E-state index >= 15 is 0 Å². The minimum Gasteiger partial charge on any atom is -0.388 e. The van der Waals surface area contributed by atoms with Crippen LogP contribution in [0.4, 0.5) is 0 Å². The highest BCUT2D eigenvalue weighted by molar-refractivity contribution is 5.90. The molecule has 7 heteroatoms. The first kappa shape index (κ1) is 14.6. The third-order valence-electron chi connectivity index (χ3n) is 2.54. The lowest BCUT2D eigenvalue weighted by Gasteiger charge is -2.22. The van der Waals surface area contributed by atoms with Crippen molar-refractivity contribution in [1.82, 2.24) is 20.5 Å². The van der Waals surface area contributed by atoms with Gasteiger partial charge in [0.25, 0.3) is 5.91 Å². The number of aryl methyl sites for hydroxylation is 1. The van der Waals surface area contributed by atoms with Crippen LogP contribution in [0.2, 0.25) is 0 Å². The van der Waals surface area contributed by atoms with E-state index in [0.717, 1.165) is 0 Å². The maximum absolute atomic E-state index is 11.7. The van der Waals surface area contributed by atoms with Crippen LogP contribution in [0.5, 0.6) is 0 Å². The molecule has 18 heavy (non-hydrogen) atoms. The number of carbonyl (C=O) groups is 1. The van der Waals surface area contributed by atoms with Gasteiger partial charge in [-0.3, -0.25) is 9.89 Å². The molecule has 1 rings (SSSR count). The Kier molecular flexibility index (Phi) is 5.24. The average Bonchev–Trinajstić information content (AvgIpc) is 2.82. The van der Waals surface area contributed by atoms with Crippen LogP contribution in [0.25, 0.3) is 0 Å². The number of aromatic amines is 1. The summed E-state index contributed by atoms with van der Waals surface area (Å²) in [5, 5.41) is 19.0. The van der Waals surface area contributed by atoms with Gasteiger partial charge in [0.15, 0.2) is 0 Å². The van der Waals surface area contributed by atoms with E-state index in [1.165, 1.54) is 0 Å². The number of nitrogens with zero attached hydrogens (tertiary/aromatic N) is 2. The molecule has 0 radical (unpaired) electrons. The molecule has 0 aliphatic heterocycles. The van der Waals surface area contributed by atoms with Gasteiger partial charge < -0.3 is 15.2 Å². The number of H-pyrrole nitrogens is 1. The average molecular weight is 256 g/mol. The van der Waals surface area contributed by atoms with Gasteiger partial charge in [-0.25, -0.2) is 4.98 Å². The van der Waals surface area contributed by atoms with Crippen molar-refractivity contribution in [3.05, 3.63) is 11.6 Å². The third-order valence-corrected chi connectivity index (χ3v) is 2.54. The Labute approximate surface area is 106 Å². The van der Waals surface area contributed by atoms with E-state index in [2.05, 4.69) is 20.5 Å². The molecular formula is C11H20N4O3. The molecule has 1 unspecified atom stereocenters. The number of nitrogens with one attached hydrogen (secondary N) is 2. The van der Waals surface area contributed by atoms with Gasteiger partial charge in [0.05, 0.1) is 5.60 Å². The van der Waals surface area contributed by atoms with Gasteiger partial charge >= 0.3 is 0 Å². The molecule has 1 atom stereocenters. The fourth-order valence-corrected chi connectivity index (χ4v) is 1.32. The maximum atomic E-state index is 11.7. The van der Waals surface area contributed by atoms with Crippen LogP contribution < -0.4 is 5.32 Å². The number of amides is 1. The summed E-state index contributed by atoms with van der Waals surface area (Å²) >= 11 is 0. The van der Waals surface area contributed by atoms with E-state index in [0.29, 0.717) is 25.3 Å². The zero-order valence-electron chi connectivity index (χ0n) is 11.0. The van der Waals surface area contributed by atoms with Crippen molar-refractivity contribution in [1.29, 1.82) is 0 Å². The second-order valence-electron chi connectivity index (χ2n) is 4.38. The number of aromatic nitrogens is 3. The monoisotopic (exact) mass is 256 g/mol. The summed E-state index contributed by atoms with van der Waals surface area (Å²) in [6, 6.07) is 0. The smallest absolute Gasteiger partial charge is 0.291 e. The second kappa shape index (κ2) is 6.46. The number of hydrogen-bond acceptors (Lipinski definition) is 5. The van der Waals surface area contributed by atoms with E-state index in [1.807, 2.05) is 6.92 Å². The predicted molar refractivity (Wildman–Crippen MR) is 65.2 cm³/mol. The zero-order valence-corrected chi connectivity index (χ0v) is 11.0. The van der Waals surface area contributed by atoms with Crippen molar-refractivity contribution < 1.29 is 14.6 Å². The van der Waals surface area contributed by atoms with Crippen molar-refractivity contribution >= 4 is 5.91 Å². The van der Waals surface area contributed by atoms with Crippen molar-refractivity contribution in [2.24, 2.45) is 0 Å². The summed E-state index contributed by atoms with van der Waals surface area (Å²) in [4.78, 5) is 15.7. The van der Waals surface area contributed by atoms with Crippen LogP contribution in [-0.4, -0.2) is 52.1 Å². The van der Waals surface area contributed by atoms with Gasteiger partial charge in [0.2, 0.25) is 5.82 Å². The fourth-order valence-electron chi connectivity index (χ4n) is 1.32. The van der Waals surface area contributed by atoms with Gasteiger partial charge in [-0.1, -0.05) is 6.92 Å². The van der Waals surface area contributed by atoms with Crippen LogP contribution in [0.3, 0.4) is 0 Å². The molecule has 7 nitrogen and oxygen atoms in total. The Morgan fingerprint density at radius 1 is 1.61 bits per heavy atom. The lowest BCUT2D eigenvalue weighted by Crippen LogP contribution is -2.41. The largest absolute Gasteiger partial charge is 0.388 e. The molecule has 1 heterocycles. The van der Waals surface area contributed by atoms with Crippen LogP contribution in [0, 0.1) is 0 Å². The van der Waals surface area contributed by atoms with E-state index in [-0.39, 0.29) is 12.4 Å². The lowest BCUT2D eigenvalue weighted by molar-refractivity contribution is 0.0242. The molecule has 1 amide bonds. The van der Waals surface area contributed by atoms with E-state index in [9.17, 15) is 9.90 Å². The van der Waals surface area contributed by atoms with Gasteiger partial charge in [0, 0.05) is 33.1 Å². The van der Waals surface area contributed by atoms with E-state index < -0.39 is 11.5 Å². The minimum atomic E-state index is -1.00. The number of aliphatic hydroxyl groups is 1. The third kappa shape index (κ3) is 4.42. The highest BCUT2D eigenvalue weighted by Crippen LogP contribution is 2.07. The van der Waals surface area contributed by atoms with Gasteiger partial charge in [-0.05, 0) is 6.92 Å². The van der Waals surface area contributed by atoms with E-state index in [4.69, 9.17) is 4.74 Å². The lowest BCUT2D eigenvalue weighted by atomic mass is 10.0. The van der Waals surface area contributed by atoms with Crippen molar-refractivity contribution in [2.45, 2.75) is 32.3 Å². The first-order valence-corrected chi connectivity index (χ1v) is 5.89. The molecule has 0 aliphatic rings. The number of ether oxygens (including phenoxy) is 1. The summed E-state index contributed by atoms with van der Waals surface area (Å²) in [7, 11) is 1.56. The Bertz CT molecular complexity index is 389. The molecule has 1 aromatic rings. The van der Waals surface area contributed by atoms with Gasteiger partial charge in [-0.15, -0.1) is 5.10 Å². The van der Waals surface area contributed by atoms with Crippen LogP contribution >= 0.6 is 0 Å². The van der Waals surface area contributed by atoms with Crippen molar-refractivity contribution in [2.75, 3.05) is 20.3 Å². The van der Waals surface area contributed by atoms with Gasteiger partial charge in [-0.2, -0.15) is 0 Å². The molecule has 102 valence electrons. The minimum absolute atomic E-state index is 0.0920. The number of rotatable bonds is 7. The molecule has 0 bridgehead atoms. The molecule has 0 spiro atoms. The Hall–Kier alpha value is -1.47. The Balaban J connectivity index is 2.45. The summed E-state index contributed by atoms with van der Waals surface area (Å²) < 4.78 is 4.88. The molecule has 3 N–H and O–H groups in total. The van der Waals surface area contributed by atoms with Crippen molar-refractivity contribution in [3.63, 3.8) is 0 Å². The Morgan fingerprint density at radius 2 is 2.33 bits per heavy atom. The predicted octanol–water partition coefficient (Wildman–Crippen LogP) is -0.116. The molecular weight excluding hydrogens is 236 g/mol. The Morgan fingerprint density at radius 3 is 2.89 bits per heavy atom. The molecule has 1 aromatic heterocycles. The first-order chi connectivity index (χ1) is 8.48. The highest BCUT2D eigenvalue weighted by Gasteiger charge is 2.22. The maximum Gasteiger partial charge on any atom is 0.291 e. The normalized spacial score (nSPS) is 14.2. The summed E-state index contributed by atoms with van der Waals surface area (Å²) in [6.45, 7) is 4.12. The standard InChI is InChI=1S/C11H20N4O3/c1-4-8-13-9(15-14-8)10(16)12-7-11(2,17)5-6-18-3/h17H,4-7H2,1-3H3,(H,12,16)(H,13,14,15). The topological polar surface area (TPSA) is 100 Å². The fraction of sp³-hybridized carbons (Fsp3) is 0.727. The van der Waals surface area contributed by atoms with E-state index in [1.54, 1.807) is 14.0 Å². The van der Waals surface area contributed by atoms with Crippen LogP contribution in [0.1, 0.15) is 36.7 Å². The van der Waals surface area contributed by atoms with Crippen molar-refractivity contribution in [3.8, 4) is 0 Å². The highest BCUT2D eigenvalue weighted by atomic mass is 16.5. The quantitative estimate of drug-likeness (QED) is 0.631. The van der Waals surface area contributed by atoms with Gasteiger partial charge in [0.1, 0.15) is 5.82 Å². The van der Waals surface area contributed by atoms with Crippen LogP contribution in [0.15, 0.2) is 0 Å². The molecule has 0 saturated heterocycles. The number of carbonyl (C=O) groups excluding carboxylic acids is 1. The summed E-state index contributed by atoms with van der Waals surface area (Å²) in [6.07, 6.45) is 1.13. The molecule has 0 saturated carbocycles. The first-order valence-electron chi connectivity index (χ1n) is 5.89. The molecule has 0 aromatic carbocycles. The number of hydrogen-bond donors (Lipinski definition) is 3. The summed E-state index contributed by atoms with van der Waals surface area (Å²) in [5.74, 6) is 0.351. The second-order valence-corrected chi connectivity index (χ2v) is 4.38. The number of methoxy groups -OCH3 is 1. The zero-order chi connectivity index (χ0) is 13.6. The molecule has 0 aliphatic carbocycles. The summed E-state index contributed by atoms with van der Waals surface area (Å²) in [5.41, 5.74) is -1.00. The SMILES string of the molecule is CCc1nc(C(=O)NCC(C)(O)CCOC)n[nH]1. The van der Waals surface area contributed by atoms with Crippen LogP contribution in [-0.2, 0) is 11.2 Å².